The molecule has 0 aliphatic heterocycles. The maximum Gasteiger partial charge on any atom is 0.0362 e. The van der Waals surface area contributed by atoms with Crippen molar-refractivity contribution < 1.29 is 0 Å². The molecule has 12 aromatic rings. The molecule has 0 atom stereocenters. The van der Waals surface area contributed by atoms with Gasteiger partial charge in [0.1, 0.15) is 0 Å². The van der Waals surface area contributed by atoms with Crippen LogP contribution in [0.25, 0.3) is 118 Å². The number of benzene rings is 11. The zero-order chi connectivity index (χ0) is 34.6. The Morgan fingerprint density at radius 2 is 0.623 bits per heavy atom. The van der Waals surface area contributed by atoms with E-state index in [2.05, 4.69) is 182 Å². The molecule has 1 heteroatoms. The summed E-state index contributed by atoms with van der Waals surface area (Å²) in [5.74, 6) is 0. The highest BCUT2D eigenvalue weighted by Crippen LogP contribution is 2.49. The van der Waals surface area contributed by atoms with Gasteiger partial charge in [0.15, 0.2) is 0 Å². The second-order valence-electron chi connectivity index (χ2n) is 14.3. The van der Waals surface area contributed by atoms with E-state index >= 15 is 0 Å². The van der Waals surface area contributed by atoms with Crippen molar-refractivity contribution in [2.45, 2.75) is 0 Å². The molecule has 0 aliphatic carbocycles. The normalized spacial score (nSPS) is 12.2. The van der Waals surface area contributed by atoms with Gasteiger partial charge in [-0.2, -0.15) is 0 Å². The number of fused-ring (bicyclic) bond motifs is 13. The van der Waals surface area contributed by atoms with Crippen LogP contribution in [0.15, 0.2) is 182 Å². The molecule has 244 valence electrons. The summed E-state index contributed by atoms with van der Waals surface area (Å²) >= 11 is 1.91. The van der Waals surface area contributed by atoms with Gasteiger partial charge in [-0.25, -0.2) is 0 Å². The average molecular weight is 687 g/mol. The van der Waals surface area contributed by atoms with Crippen LogP contribution in [0.1, 0.15) is 0 Å². The molecule has 1 aromatic heterocycles. The van der Waals surface area contributed by atoms with Crippen LogP contribution >= 0.6 is 11.3 Å². The summed E-state index contributed by atoms with van der Waals surface area (Å²) in [6.07, 6.45) is 0. The van der Waals surface area contributed by atoms with E-state index in [1.165, 1.54) is 118 Å². The fraction of sp³-hybridized carbons (Fsp3) is 0. The Bertz CT molecular complexity index is 3400. The monoisotopic (exact) mass is 686 g/mol. The lowest BCUT2D eigenvalue weighted by molar-refractivity contribution is 1.70. The average Bonchev–Trinajstić information content (AvgIpc) is 3.58. The molecule has 0 fully saturated rings. The van der Waals surface area contributed by atoms with Crippen molar-refractivity contribution in [3.05, 3.63) is 182 Å². The van der Waals surface area contributed by atoms with Crippen molar-refractivity contribution in [1.82, 2.24) is 0 Å². The van der Waals surface area contributed by atoms with E-state index in [-0.39, 0.29) is 0 Å². The van der Waals surface area contributed by atoms with Crippen molar-refractivity contribution in [2.24, 2.45) is 0 Å². The van der Waals surface area contributed by atoms with Crippen molar-refractivity contribution in [2.75, 3.05) is 0 Å². The smallest absolute Gasteiger partial charge is 0.0362 e. The van der Waals surface area contributed by atoms with Crippen LogP contribution in [0.4, 0.5) is 0 Å². The molecular formula is C52H30S. The van der Waals surface area contributed by atoms with Crippen LogP contribution in [0, 0.1) is 0 Å². The summed E-state index contributed by atoms with van der Waals surface area (Å²) < 4.78 is 2.65. The summed E-state index contributed by atoms with van der Waals surface area (Å²) in [6.45, 7) is 0. The molecule has 0 amide bonds. The molecule has 12 rings (SSSR count). The molecule has 0 N–H and O–H groups in total. The number of hydrogen-bond acceptors (Lipinski definition) is 1. The predicted molar refractivity (Wildman–Crippen MR) is 233 cm³/mol. The number of thiophene rings is 1. The minimum atomic E-state index is 1.26. The first-order chi connectivity index (χ1) is 26.3. The maximum atomic E-state index is 2.45. The Labute approximate surface area is 309 Å². The van der Waals surface area contributed by atoms with E-state index in [1.807, 2.05) is 11.3 Å². The van der Waals surface area contributed by atoms with Crippen molar-refractivity contribution in [1.29, 1.82) is 0 Å². The Morgan fingerprint density at radius 1 is 0.226 bits per heavy atom. The van der Waals surface area contributed by atoms with Crippen molar-refractivity contribution in [3.63, 3.8) is 0 Å². The fourth-order valence-electron chi connectivity index (χ4n) is 9.32. The summed E-state index contributed by atoms with van der Waals surface area (Å²) in [6, 6.07) is 68.0. The zero-order valence-corrected chi connectivity index (χ0v) is 29.5. The predicted octanol–water partition coefficient (Wildman–Crippen LogP) is 15.5. The third-order valence-corrected chi connectivity index (χ3v) is 12.7. The highest BCUT2D eigenvalue weighted by molar-refractivity contribution is 7.26. The lowest BCUT2D eigenvalue weighted by Crippen LogP contribution is -1.92. The number of hydrogen-bond donors (Lipinski definition) is 0. The first kappa shape index (κ1) is 29.1. The maximum absolute atomic E-state index is 2.45. The highest BCUT2D eigenvalue weighted by atomic mass is 32.1. The zero-order valence-electron chi connectivity index (χ0n) is 28.7. The molecule has 11 aromatic carbocycles. The minimum Gasteiger partial charge on any atom is -0.135 e. The van der Waals surface area contributed by atoms with E-state index in [9.17, 15) is 0 Å². The van der Waals surface area contributed by atoms with Crippen LogP contribution in [0.3, 0.4) is 0 Å². The van der Waals surface area contributed by atoms with Crippen LogP contribution in [-0.2, 0) is 0 Å². The van der Waals surface area contributed by atoms with Gasteiger partial charge in [0.25, 0.3) is 0 Å². The van der Waals surface area contributed by atoms with E-state index in [4.69, 9.17) is 0 Å². The molecule has 0 spiro atoms. The van der Waals surface area contributed by atoms with Gasteiger partial charge in [-0.15, -0.1) is 11.3 Å². The molecule has 0 saturated carbocycles. The number of rotatable bonds is 2. The Morgan fingerprint density at radius 3 is 1.17 bits per heavy atom. The Balaban J connectivity index is 1.16. The minimum absolute atomic E-state index is 1.26. The van der Waals surface area contributed by atoms with E-state index in [0.29, 0.717) is 0 Å². The van der Waals surface area contributed by atoms with Crippen LogP contribution < -0.4 is 0 Å². The topological polar surface area (TPSA) is 0 Å². The van der Waals surface area contributed by atoms with E-state index in [1.54, 1.807) is 0 Å². The van der Waals surface area contributed by atoms with Gasteiger partial charge in [-0.3, -0.25) is 0 Å². The van der Waals surface area contributed by atoms with Crippen LogP contribution in [0.2, 0.25) is 0 Å². The fourth-order valence-corrected chi connectivity index (χ4v) is 10.5. The van der Waals surface area contributed by atoms with Gasteiger partial charge in [-0.05, 0) is 122 Å². The van der Waals surface area contributed by atoms with Gasteiger partial charge in [-0.1, -0.05) is 158 Å². The molecule has 0 bridgehead atoms. The quantitative estimate of drug-likeness (QED) is 0.125. The van der Waals surface area contributed by atoms with Crippen LogP contribution in [0.5, 0.6) is 0 Å². The molecule has 53 heavy (non-hydrogen) atoms. The molecule has 0 unspecified atom stereocenters. The van der Waals surface area contributed by atoms with Gasteiger partial charge in [0.05, 0.1) is 0 Å². The summed E-state index contributed by atoms with van der Waals surface area (Å²) in [7, 11) is 0. The molecule has 0 saturated heterocycles. The Hall–Kier alpha value is -6.54. The molecule has 0 nitrogen and oxygen atoms in total. The molecule has 1 heterocycles. The summed E-state index contributed by atoms with van der Waals surface area (Å²) in [5.41, 5.74) is 5.17. The second-order valence-corrected chi connectivity index (χ2v) is 15.4. The van der Waals surface area contributed by atoms with Gasteiger partial charge < -0.3 is 0 Å². The Kier molecular flexibility index (Phi) is 6.03. The largest absolute Gasteiger partial charge is 0.135 e. The summed E-state index contributed by atoms with van der Waals surface area (Å²) in [4.78, 5) is 0. The third-order valence-electron chi connectivity index (χ3n) is 11.6. The standard InChI is InChI=1S/C52H30S/c1-3-15-34-31(13-1)27-32-14-2-4-16-35(32)51(34)52-43-23-11-9-21-41(43)50(42-22-10-12-24-44(42)52)33-25-26-40-47-29-45-38-19-7-5-17-36(38)37-18-6-8-20-39(37)46(45)30-49(47)53-48(40)28-33/h1-30H. The van der Waals surface area contributed by atoms with Gasteiger partial charge in [0.2, 0.25) is 0 Å². The second kappa shape index (κ2) is 11.0. The first-order valence-electron chi connectivity index (χ1n) is 18.3. The SMILES string of the molecule is c1ccc2c(-c3c4ccccc4c(-c4ccc5c(c4)sc4cc6c7ccccc7c7ccccc7c6cc45)c4ccccc34)c3ccccc3cc2c1. The van der Waals surface area contributed by atoms with Gasteiger partial charge in [0, 0.05) is 20.2 Å². The molecular weight excluding hydrogens is 657 g/mol. The lowest BCUT2D eigenvalue weighted by atomic mass is 9.83. The third kappa shape index (κ3) is 4.11. The van der Waals surface area contributed by atoms with E-state index < -0.39 is 0 Å². The van der Waals surface area contributed by atoms with E-state index in [0.717, 1.165) is 0 Å². The van der Waals surface area contributed by atoms with Gasteiger partial charge >= 0.3 is 0 Å². The van der Waals surface area contributed by atoms with Crippen LogP contribution in [-0.4, -0.2) is 0 Å². The van der Waals surface area contributed by atoms with Crippen molar-refractivity contribution in [3.8, 4) is 22.3 Å². The molecule has 0 aliphatic rings. The molecule has 0 radical (unpaired) electrons. The lowest BCUT2D eigenvalue weighted by Gasteiger charge is -2.20. The van der Waals surface area contributed by atoms with Crippen molar-refractivity contribution >= 4 is 107 Å². The highest BCUT2D eigenvalue weighted by Gasteiger charge is 2.21. The summed E-state index contributed by atoms with van der Waals surface area (Å²) in [5, 5.41) is 20.8. The first-order valence-corrected chi connectivity index (χ1v) is 19.2.